The number of nitrogens with one attached hydrogen (secondary N) is 1. The van der Waals surface area contributed by atoms with Gasteiger partial charge in [0.15, 0.2) is 5.17 Å². The molecule has 0 spiro atoms. The number of hydrogen-bond donors (Lipinski definition) is 1. The van der Waals surface area contributed by atoms with Gasteiger partial charge in [0.1, 0.15) is 11.9 Å². The molecule has 2 aliphatic rings. The van der Waals surface area contributed by atoms with E-state index >= 15 is 0 Å². The topological polar surface area (TPSA) is 74.1 Å². The van der Waals surface area contributed by atoms with Crippen molar-refractivity contribution in [3.05, 3.63) is 59.1 Å². The van der Waals surface area contributed by atoms with Crippen molar-refractivity contribution < 1.29 is 9.59 Å². The molecule has 2 heterocycles. The summed E-state index contributed by atoms with van der Waals surface area (Å²) in [5.74, 6) is 0.268. The first-order valence-electron chi connectivity index (χ1n) is 8.77. The monoisotopic (exact) mass is 412 g/mol. The first-order chi connectivity index (χ1) is 13.4. The van der Waals surface area contributed by atoms with E-state index in [9.17, 15) is 9.59 Å². The number of halogens is 1. The first-order valence-corrected chi connectivity index (χ1v) is 10.0. The van der Waals surface area contributed by atoms with Crippen LogP contribution in [-0.2, 0) is 9.59 Å². The van der Waals surface area contributed by atoms with Crippen LogP contribution in [0.3, 0.4) is 0 Å². The maximum atomic E-state index is 12.6. The van der Waals surface area contributed by atoms with Crippen molar-refractivity contribution >= 4 is 57.6 Å². The molecule has 0 radical (unpaired) electrons. The molecule has 4 rings (SSSR count). The molecular weight excluding hydrogens is 396 g/mol. The van der Waals surface area contributed by atoms with Crippen LogP contribution >= 0.6 is 23.4 Å². The molecule has 0 aliphatic carbocycles. The van der Waals surface area contributed by atoms with Gasteiger partial charge >= 0.3 is 0 Å². The van der Waals surface area contributed by atoms with Crippen molar-refractivity contribution in [3.63, 3.8) is 0 Å². The lowest BCUT2D eigenvalue weighted by atomic mass is 10.1. The SMILES string of the molecule is CC1N=C2c3ccccc3N=C(SC(C)C(=O)Nc3ccc(Cl)cc3)N2C1=O. The molecular formula is C20H17ClN4O2S. The quantitative estimate of drug-likeness (QED) is 0.825. The molecule has 2 atom stereocenters. The van der Waals surface area contributed by atoms with Crippen LogP contribution in [0, 0.1) is 0 Å². The minimum Gasteiger partial charge on any atom is -0.325 e. The number of anilines is 1. The van der Waals surface area contributed by atoms with Crippen molar-refractivity contribution in [2.75, 3.05) is 5.32 Å². The van der Waals surface area contributed by atoms with E-state index in [-0.39, 0.29) is 11.8 Å². The Labute approximate surface area is 171 Å². The first kappa shape index (κ1) is 18.7. The zero-order valence-corrected chi connectivity index (χ0v) is 16.8. The van der Waals surface area contributed by atoms with Gasteiger partial charge in [0, 0.05) is 16.3 Å². The fourth-order valence-corrected chi connectivity index (χ4v) is 3.98. The Morgan fingerprint density at radius 3 is 2.68 bits per heavy atom. The molecule has 2 unspecified atom stereocenters. The average Bonchev–Trinajstić information content (AvgIpc) is 2.99. The number of fused-ring (bicyclic) bond motifs is 3. The van der Waals surface area contributed by atoms with E-state index in [1.165, 1.54) is 16.7 Å². The Morgan fingerprint density at radius 2 is 1.93 bits per heavy atom. The third kappa shape index (κ3) is 3.43. The van der Waals surface area contributed by atoms with Crippen LogP contribution in [0.4, 0.5) is 11.4 Å². The summed E-state index contributed by atoms with van der Waals surface area (Å²) >= 11 is 7.11. The summed E-state index contributed by atoms with van der Waals surface area (Å²) in [5, 5.41) is 3.45. The summed E-state index contributed by atoms with van der Waals surface area (Å²) in [6, 6.07) is 14.0. The van der Waals surface area contributed by atoms with Crippen LogP contribution < -0.4 is 5.32 Å². The maximum Gasteiger partial charge on any atom is 0.258 e. The minimum atomic E-state index is -0.468. The summed E-state index contributed by atoms with van der Waals surface area (Å²) in [4.78, 5) is 35.9. The molecule has 8 heteroatoms. The van der Waals surface area contributed by atoms with E-state index in [0.29, 0.717) is 21.7 Å². The largest absolute Gasteiger partial charge is 0.325 e. The number of nitrogens with zero attached hydrogens (tertiary/aromatic N) is 3. The van der Waals surface area contributed by atoms with Gasteiger partial charge in [-0.15, -0.1) is 0 Å². The van der Waals surface area contributed by atoms with Gasteiger partial charge in [-0.05, 0) is 50.2 Å². The molecule has 2 amide bonds. The van der Waals surface area contributed by atoms with Gasteiger partial charge < -0.3 is 5.32 Å². The van der Waals surface area contributed by atoms with Crippen LogP contribution in [0.5, 0.6) is 0 Å². The Morgan fingerprint density at radius 1 is 1.21 bits per heavy atom. The fraction of sp³-hybridized carbons (Fsp3) is 0.200. The lowest BCUT2D eigenvalue weighted by Crippen LogP contribution is -2.41. The molecule has 0 saturated carbocycles. The van der Waals surface area contributed by atoms with E-state index in [4.69, 9.17) is 11.6 Å². The number of rotatable bonds is 3. The number of aliphatic imine (C=N–C) groups is 2. The van der Waals surface area contributed by atoms with Crippen LogP contribution in [0.15, 0.2) is 58.5 Å². The Bertz CT molecular complexity index is 1020. The van der Waals surface area contributed by atoms with Crippen molar-refractivity contribution in [1.29, 1.82) is 0 Å². The van der Waals surface area contributed by atoms with E-state index < -0.39 is 11.3 Å². The Kier molecular flexibility index (Phi) is 4.95. The number of para-hydroxylation sites is 1. The number of amides is 2. The van der Waals surface area contributed by atoms with Gasteiger partial charge in [0.25, 0.3) is 5.91 Å². The van der Waals surface area contributed by atoms with Crippen molar-refractivity contribution in [1.82, 2.24) is 4.90 Å². The molecule has 0 saturated heterocycles. The van der Waals surface area contributed by atoms with E-state index in [0.717, 1.165) is 11.3 Å². The van der Waals surface area contributed by atoms with Crippen LogP contribution in [0.1, 0.15) is 19.4 Å². The van der Waals surface area contributed by atoms with Gasteiger partial charge in [-0.3, -0.25) is 14.6 Å². The second kappa shape index (κ2) is 7.41. The molecule has 2 aromatic carbocycles. The fourth-order valence-electron chi connectivity index (χ4n) is 2.94. The van der Waals surface area contributed by atoms with Gasteiger partial charge in [0.05, 0.1) is 10.9 Å². The van der Waals surface area contributed by atoms with Crippen molar-refractivity contribution in [3.8, 4) is 0 Å². The molecule has 6 nitrogen and oxygen atoms in total. The van der Waals surface area contributed by atoms with E-state index in [1.54, 1.807) is 38.1 Å². The van der Waals surface area contributed by atoms with Crippen LogP contribution in [0.2, 0.25) is 5.02 Å². The third-order valence-electron chi connectivity index (χ3n) is 4.42. The Balaban J connectivity index is 1.57. The summed E-state index contributed by atoms with van der Waals surface area (Å²) in [6.07, 6.45) is 0. The summed E-state index contributed by atoms with van der Waals surface area (Å²) < 4.78 is 0. The molecule has 2 aromatic rings. The highest BCUT2D eigenvalue weighted by atomic mass is 35.5. The van der Waals surface area contributed by atoms with Crippen molar-refractivity contribution in [2.24, 2.45) is 9.98 Å². The number of thioether (sulfide) groups is 1. The smallest absolute Gasteiger partial charge is 0.258 e. The second-order valence-electron chi connectivity index (χ2n) is 6.47. The molecule has 0 aromatic heterocycles. The molecule has 2 aliphatic heterocycles. The predicted molar refractivity (Wildman–Crippen MR) is 114 cm³/mol. The summed E-state index contributed by atoms with van der Waals surface area (Å²) in [7, 11) is 0. The van der Waals surface area contributed by atoms with Crippen molar-refractivity contribution in [2.45, 2.75) is 25.1 Å². The number of amidine groups is 2. The molecule has 142 valence electrons. The highest BCUT2D eigenvalue weighted by molar-refractivity contribution is 8.15. The second-order valence-corrected chi connectivity index (χ2v) is 8.21. The van der Waals surface area contributed by atoms with Gasteiger partial charge in [0.2, 0.25) is 5.91 Å². The van der Waals surface area contributed by atoms with Gasteiger partial charge in [-0.25, -0.2) is 9.89 Å². The highest BCUT2D eigenvalue weighted by Crippen LogP contribution is 2.34. The molecule has 0 fully saturated rings. The summed E-state index contributed by atoms with van der Waals surface area (Å²) in [6.45, 7) is 3.54. The lowest BCUT2D eigenvalue weighted by molar-refractivity contribution is -0.124. The van der Waals surface area contributed by atoms with E-state index in [2.05, 4.69) is 15.3 Å². The van der Waals surface area contributed by atoms with E-state index in [1.807, 2.05) is 24.3 Å². The van der Waals surface area contributed by atoms with Gasteiger partial charge in [-0.2, -0.15) is 0 Å². The Hall–Kier alpha value is -2.64. The predicted octanol–water partition coefficient (Wildman–Crippen LogP) is 4.08. The molecule has 0 bridgehead atoms. The zero-order valence-electron chi connectivity index (χ0n) is 15.2. The van der Waals surface area contributed by atoms with Crippen LogP contribution in [0.25, 0.3) is 0 Å². The number of hydrogen-bond acceptors (Lipinski definition) is 5. The molecule has 1 N–H and O–H groups in total. The normalized spacial score (nSPS) is 18.8. The third-order valence-corrected chi connectivity index (χ3v) is 5.73. The lowest BCUT2D eigenvalue weighted by Gasteiger charge is -2.26. The average molecular weight is 413 g/mol. The standard InChI is InChI=1S/C20H17ClN4O2S/c1-11-19(27)25-17(22-11)15-5-3-4-6-16(15)24-20(25)28-12(2)18(26)23-14-9-7-13(21)8-10-14/h3-12H,1-2H3,(H,23,26). The zero-order chi connectivity index (χ0) is 19.8. The maximum absolute atomic E-state index is 12.6. The molecule has 28 heavy (non-hydrogen) atoms. The van der Waals surface area contributed by atoms with Gasteiger partial charge in [-0.1, -0.05) is 35.5 Å². The van der Waals surface area contributed by atoms with Crippen LogP contribution in [-0.4, -0.2) is 39.0 Å². The number of carbonyl (C=O) groups excluding carboxylic acids is 2. The number of benzene rings is 2. The minimum absolute atomic E-state index is 0.138. The number of carbonyl (C=O) groups is 2. The highest BCUT2D eigenvalue weighted by Gasteiger charge is 2.40. The summed E-state index contributed by atoms with van der Waals surface area (Å²) in [5.41, 5.74) is 2.22.